The highest BCUT2D eigenvalue weighted by molar-refractivity contribution is 7.80. The second-order valence-corrected chi connectivity index (χ2v) is 3.47. The van der Waals surface area contributed by atoms with Gasteiger partial charge in [0.15, 0.2) is 0 Å². The van der Waals surface area contributed by atoms with Crippen LogP contribution in [0.2, 0.25) is 0 Å². The maximum absolute atomic E-state index is 11.4. The van der Waals surface area contributed by atoms with E-state index in [0.717, 1.165) is 0 Å². The van der Waals surface area contributed by atoms with Crippen LogP contribution in [-0.2, 0) is 10.6 Å². The molecule has 1 aromatic carbocycles. The quantitative estimate of drug-likeness (QED) is 0.491. The van der Waals surface area contributed by atoms with Crippen LogP contribution < -0.4 is 0 Å². The van der Waals surface area contributed by atoms with E-state index in [2.05, 4.69) is 17.4 Å². The Bertz CT molecular complexity index is 440. The molecule has 0 saturated heterocycles. The summed E-state index contributed by atoms with van der Waals surface area (Å²) in [4.78, 5) is 11.9. The summed E-state index contributed by atoms with van der Waals surface area (Å²) in [7, 11) is 1.28. The van der Waals surface area contributed by atoms with Gasteiger partial charge < -0.3 is 4.74 Å². The van der Waals surface area contributed by atoms with E-state index < -0.39 is 5.97 Å². The Labute approximate surface area is 98.0 Å². The monoisotopic (exact) mass is 241 g/mol. The number of halogens is 1. The highest BCUT2D eigenvalue weighted by Gasteiger charge is 2.16. The number of rotatable bonds is 2. The number of methoxy groups -OCH3 is 1. The molecule has 5 heteroatoms. The topological polar surface area (TPSA) is 50.1 Å². The van der Waals surface area contributed by atoms with E-state index in [9.17, 15) is 4.79 Å². The molecule has 0 unspecified atom stereocenters. The molecule has 1 rings (SSSR count). The van der Waals surface area contributed by atoms with E-state index in [-0.39, 0.29) is 5.88 Å². The van der Waals surface area contributed by atoms with Crippen LogP contribution in [0.25, 0.3) is 0 Å². The summed E-state index contributed by atoms with van der Waals surface area (Å²) < 4.78 is 4.59. The van der Waals surface area contributed by atoms with Gasteiger partial charge in [0.2, 0.25) is 0 Å². The average molecular weight is 242 g/mol. The molecule has 0 aromatic heterocycles. The lowest BCUT2D eigenvalue weighted by atomic mass is 10.0. The number of ether oxygens (including phenoxy) is 1. The molecule has 0 radical (unpaired) electrons. The molecule has 0 amide bonds. The number of esters is 1. The van der Waals surface area contributed by atoms with Crippen molar-refractivity contribution in [2.75, 3.05) is 7.11 Å². The smallest absolute Gasteiger partial charge is 0.338 e. The second kappa shape index (κ2) is 5.06. The highest BCUT2D eigenvalue weighted by Crippen LogP contribution is 2.23. The van der Waals surface area contributed by atoms with Gasteiger partial charge in [-0.15, -0.1) is 24.2 Å². The molecule has 3 nitrogen and oxygen atoms in total. The SMILES string of the molecule is COC(=O)c1ccc(S)c(C#N)c1CCl. The number of nitriles is 1. The highest BCUT2D eigenvalue weighted by atomic mass is 35.5. The van der Waals surface area contributed by atoms with Gasteiger partial charge in [-0.3, -0.25) is 0 Å². The maximum Gasteiger partial charge on any atom is 0.338 e. The molecule has 0 bridgehead atoms. The largest absolute Gasteiger partial charge is 0.465 e. The fourth-order valence-electron chi connectivity index (χ4n) is 1.20. The van der Waals surface area contributed by atoms with Crippen LogP contribution in [0, 0.1) is 11.3 Å². The Morgan fingerprint density at radius 1 is 1.67 bits per heavy atom. The molecular formula is C10H8ClNO2S. The van der Waals surface area contributed by atoms with Crippen LogP contribution in [0.3, 0.4) is 0 Å². The molecule has 0 aliphatic rings. The fourth-order valence-corrected chi connectivity index (χ4v) is 1.74. The van der Waals surface area contributed by atoms with Crippen molar-refractivity contribution in [1.82, 2.24) is 0 Å². The third kappa shape index (κ3) is 2.25. The number of carbonyl (C=O) groups excluding carboxylic acids is 1. The number of hydrogen-bond donors (Lipinski definition) is 1. The van der Waals surface area contributed by atoms with Crippen molar-refractivity contribution in [3.8, 4) is 6.07 Å². The first kappa shape index (κ1) is 11.9. The lowest BCUT2D eigenvalue weighted by Gasteiger charge is -2.08. The summed E-state index contributed by atoms with van der Waals surface area (Å²) in [5.74, 6) is -0.433. The van der Waals surface area contributed by atoms with E-state index in [0.29, 0.717) is 21.6 Å². The molecule has 0 N–H and O–H groups in total. The first-order valence-corrected chi connectivity index (χ1v) is 5.03. The average Bonchev–Trinajstić information content (AvgIpc) is 2.27. The molecule has 78 valence electrons. The molecule has 0 aliphatic carbocycles. The lowest BCUT2D eigenvalue weighted by Crippen LogP contribution is -2.07. The minimum Gasteiger partial charge on any atom is -0.465 e. The first-order chi connectivity index (χ1) is 7.15. The Morgan fingerprint density at radius 2 is 2.33 bits per heavy atom. The van der Waals surface area contributed by atoms with Crippen LogP contribution in [0.5, 0.6) is 0 Å². The zero-order valence-corrected chi connectivity index (χ0v) is 9.60. The van der Waals surface area contributed by atoms with Gasteiger partial charge in [-0.05, 0) is 12.1 Å². The Kier molecular flexibility index (Phi) is 4.01. The van der Waals surface area contributed by atoms with Gasteiger partial charge in [-0.25, -0.2) is 4.79 Å². The van der Waals surface area contributed by atoms with Crippen molar-refractivity contribution >= 4 is 30.2 Å². The van der Waals surface area contributed by atoms with Crippen LogP contribution in [0.15, 0.2) is 17.0 Å². The van der Waals surface area contributed by atoms with E-state index in [1.165, 1.54) is 7.11 Å². The molecule has 0 fully saturated rings. The van der Waals surface area contributed by atoms with Gasteiger partial charge in [0, 0.05) is 16.3 Å². The molecular weight excluding hydrogens is 234 g/mol. The lowest BCUT2D eigenvalue weighted by molar-refractivity contribution is 0.0599. The molecule has 0 heterocycles. The Hall–Kier alpha value is -1.18. The summed E-state index contributed by atoms with van der Waals surface area (Å²) in [6, 6.07) is 5.09. The van der Waals surface area contributed by atoms with Gasteiger partial charge in [-0.1, -0.05) is 0 Å². The summed E-state index contributed by atoms with van der Waals surface area (Å²) in [5.41, 5.74) is 1.08. The van der Waals surface area contributed by atoms with Crippen molar-refractivity contribution in [2.24, 2.45) is 0 Å². The number of benzene rings is 1. The van der Waals surface area contributed by atoms with E-state index >= 15 is 0 Å². The van der Waals surface area contributed by atoms with Crippen molar-refractivity contribution in [1.29, 1.82) is 5.26 Å². The van der Waals surface area contributed by atoms with Crippen molar-refractivity contribution in [3.63, 3.8) is 0 Å². The van der Waals surface area contributed by atoms with Crippen molar-refractivity contribution in [2.45, 2.75) is 10.8 Å². The van der Waals surface area contributed by atoms with Crippen LogP contribution in [-0.4, -0.2) is 13.1 Å². The Balaban J connectivity index is 3.43. The summed E-state index contributed by atoms with van der Waals surface area (Å²) in [6.45, 7) is 0. The first-order valence-electron chi connectivity index (χ1n) is 4.05. The number of carbonyl (C=O) groups is 1. The third-order valence-electron chi connectivity index (χ3n) is 1.94. The van der Waals surface area contributed by atoms with Crippen LogP contribution in [0.1, 0.15) is 21.5 Å². The standard InChI is InChI=1S/C10H8ClNO2S/c1-14-10(13)6-2-3-9(15)8(5-12)7(6)4-11/h2-3,15H,4H2,1H3. The van der Waals surface area contributed by atoms with Crippen LogP contribution >= 0.6 is 24.2 Å². The molecule has 0 aliphatic heterocycles. The predicted octanol–water partition coefficient (Wildman–Crippen LogP) is 2.37. The number of thiol groups is 1. The number of hydrogen-bond acceptors (Lipinski definition) is 4. The van der Waals surface area contributed by atoms with E-state index in [1.807, 2.05) is 6.07 Å². The van der Waals surface area contributed by atoms with E-state index in [4.69, 9.17) is 16.9 Å². The van der Waals surface area contributed by atoms with Crippen molar-refractivity contribution in [3.05, 3.63) is 28.8 Å². The molecule has 15 heavy (non-hydrogen) atoms. The van der Waals surface area contributed by atoms with Gasteiger partial charge in [-0.2, -0.15) is 5.26 Å². The molecule has 1 aromatic rings. The number of nitrogens with zero attached hydrogens (tertiary/aromatic N) is 1. The maximum atomic E-state index is 11.4. The van der Waals surface area contributed by atoms with Gasteiger partial charge in [0.25, 0.3) is 0 Å². The third-order valence-corrected chi connectivity index (χ3v) is 2.58. The summed E-state index contributed by atoms with van der Waals surface area (Å²) >= 11 is 9.81. The predicted molar refractivity (Wildman–Crippen MR) is 59.3 cm³/mol. The second-order valence-electron chi connectivity index (χ2n) is 2.72. The van der Waals surface area contributed by atoms with Crippen LogP contribution in [0.4, 0.5) is 0 Å². The zero-order valence-electron chi connectivity index (χ0n) is 7.95. The van der Waals surface area contributed by atoms with Gasteiger partial charge in [0.05, 0.1) is 18.2 Å². The molecule has 0 saturated carbocycles. The van der Waals surface area contributed by atoms with Gasteiger partial charge in [0.1, 0.15) is 6.07 Å². The molecule has 0 spiro atoms. The summed E-state index contributed by atoms with van der Waals surface area (Å²) in [6.07, 6.45) is 0. The van der Waals surface area contributed by atoms with E-state index in [1.54, 1.807) is 12.1 Å². The Morgan fingerprint density at radius 3 is 2.80 bits per heavy atom. The zero-order chi connectivity index (χ0) is 11.4. The molecule has 0 atom stereocenters. The van der Waals surface area contributed by atoms with Crippen molar-refractivity contribution < 1.29 is 9.53 Å². The van der Waals surface area contributed by atoms with Gasteiger partial charge >= 0.3 is 5.97 Å². The summed E-state index contributed by atoms with van der Waals surface area (Å²) in [5, 5.41) is 8.90. The minimum absolute atomic E-state index is 0.0712. The minimum atomic E-state index is -0.504. The number of alkyl halides is 1. The normalized spacial score (nSPS) is 9.47. The fraction of sp³-hybridized carbons (Fsp3) is 0.200.